The highest BCUT2D eigenvalue weighted by molar-refractivity contribution is 9.09. The highest BCUT2D eigenvalue weighted by Crippen LogP contribution is 2.11. The Kier molecular flexibility index (Phi) is 38.2. The van der Waals surface area contributed by atoms with Crippen molar-refractivity contribution in [2.75, 3.05) is 77.8 Å². The molecule has 0 fully saturated rings. The number of amides is 6. The molecule has 384 valence electrons. The van der Waals surface area contributed by atoms with Gasteiger partial charge in [0.1, 0.15) is 31.3 Å². The van der Waals surface area contributed by atoms with Crippen LogP contribution in [0.5, 0.6) is 0 Å². The van der Waals surface area contributed by atoms with Crippen LogP contribution in [-0.2, 0) is 66.9 Å². The molecule has 10 N–H and O–H groups in total. The van der Waals surface area contributed by atoms with Crippen molar-refractivity contribution in [3.05, 3.63) is 0 Å². The van der Waals surface area contributed by atoms with E-state index >= 15 is 0 Å². The third-order valence-electron chi connectivity index (χ3n) is 9.48. The molecule has 0 heterocycles. The van der Waals surface area contributed by atoms with Gasteiger partial charge in [-0.1, -0.05) is 54.5 Å². The highest BCUT2D eigenvalue weighted by Gasteiger charge is 2.25. The maximum absolute atomic E-state index is 12.5. The maximum Gasteiger partial charge on any atom is 0.326 e. The molecule has 25 heteroatoms. The first-order chi connectivity index (χ1) is 32.0. The molecule has 3 atom stereocenters. The van der Waals surface area contributed by atoms with Crippen molar-refractivity contribution in [2.45, 2.75) is 127 Å². The Morgan fingerprint density at radius 3 is 1.28 bits per heavy atom. The highest BCUT2D eigenvalue weighted by atomic mass is 79.9. The van der Waals surface area contributed by atoms with Crippen molar-refractivity contribution in [3.63, 3.8) is 0 Å². The van der Waals surface area contributed by atoms with Gasteiger partial charge in [-0.05, 0) is 44.9 Å². The zero-order valence-electron chi connectivity index (χ0n) is 38.1. The number of hydrogen-bond donors (Lipinski definition) is 10. The van der Waals surface area contributed by atoms with Crippen LogP contribution in [0.3, 0.4) is 0 Å². The van der Waals surface area contributed by atoms with Gasteiger partial charge in [0, 0.05) is 45.3 Å². The molecule has 0 radical (unpaired) electrons. The smallest absolute Gasteiger partial charge is 0.326 e. The normalized spacial score (nSPS) is 12.2. The van der Waals surface area contributed by atoms with E-state index in [0.29, 0.717) is 32.2 Å². The molecule has 0 bridgehead atoms. The summed E-state index contributed by atoms with van der Waals surface area (Å²) >= 11 is 3.03. The van der Waals surface area contributed by atoms with Crippen LogP contribution >= 0.6 is 15.9 Å². The van der Waals surface area contributed by atoms with Gasteiger partial charge in [-0.3, -0.25) is 33.6 Å². The lowest BCUT2D eigenvalue weighted by atomic mass is 10.1. The summed E-state index contributed by atoms with van der Waals surface area (Å²) < 4.78 is 21.1. The summed E-state index contributed by atoms with van der Waals surface area (Å²) in [5.74, 6) is -7.61. The first kappa shape index (κ1) is 62.0. The maximum atomic E-state index is 12.5. The van der Waals surface area contributed by atoms with Crippen molar-refractivity contribution in [1.82, 2.24) is 31.9 Å². The second-order valence-electron chi connectivity index (χ2n) is 15.2. The second-order valence-corrected chi connectivity index (χ2v) is 15.7. The summed E-state index contributed by atoms with van der Waals surface area (Å²) in [6.07, 6.45) is 6.95. The minimum absolute atomic E-state index is 0.0561. The van der Waals surface area contributed by atoms with Crippen LogP contribution in [0.25, 0.3) is 0 Å². The van der Waals surface area contributed by atoms with Gasteiger partial charge >= 0.3 is 23.9 Å². The number of hydrogen-bond acceptors (Lipinski definition) is 14. The predicted octanol–water partition coefficient (Wildman–Crippen LogP) is 0.221. The van der Waals surface area contributed by atoms with Gasteiger partial charge in [0.2, 0.25) is 35.4 Å². The number of carbonyl (C=O) groups is 10. The van der Waals surface area contributed by atoms with Crippen molar-refractivity contribution in [2.24, 2.45) is 0 Å². The number of carboxylic acids is 4. The summed E-state index contributed by atoms with van der Waals surface area (Å²) in [4.78, 5) is 118. The van der Waals surface area contributed by atoms with E-state index in [0.717, 1.165) is 38.5 Å². The number of aliphatic carboxylic acids is 4. The van der Waals surface area contributed by atoms with Crippen LogP contribution < -0.4 is 31.9 Å². The van der Waals surface area contributed by atoms with Gasteiger partial charge in [-0.15, -0.1) is 0 Å². The fourth-order valence-electron chi connectivity index (χ4n) is 5.90. The Morgan fingerprint density at radius 1 is 0.373 bits per heavy atom. The summed E-state index contributed by atoms with van der Waals surface area (Å²) in [6.45, 7) is 0.675. The molecule has 0 aliphatic heterocycles. The Morgan fingerprint density at radius 2 is 0.776 bits per heavy atom. The van der Waals surface area contributed by atoms with E-state index in [1.165, 1.54) is 0 Å². The fraction of sp³-hybridized carbons (Fsp3) is 0.762. The number of nitrogens with one attached hydrogen (secondary N) is 6. The number of carbonyl (C=O) groups excluding carboxylic acids is 6. The zero-order valence-corrected chi connectivity index (χ0v) is 39.7. The second kappa shape index (κ2) is 41.2. The van der Waals surface area contributed by atoms with E-state index in [-0.39, 0.29) is 122 Å². The molecule has 0 aliphatic rings. The molecule has 0 saturated carbocycles. The SMILES string of the molecule is O=C(O)CCCCCCCCCCC(=O)NC(CCC(=O)NC(CCC(=O)NCCOCCOCC(=O)NCCOCCOCC(=O)NC(CCCCNC(=O)CBr)C(=O)O)C(=O)O)C(=O)O. The van der Waals surface area contributed by atoms with Crippen molar-refractivity contribution in [1.29, 1.82) is 0 Å². The van der Waals surface area contributed by atoms with E-state index < -0.39 is 71.5 Å². The molecular weight excluding hydrogens is 956 g/mol. The standard InChI is InChI=1S/C42H71BrN6O18/c43-27-36(53)44-18-10-9-11-30(40(58)59)49-38(55)29-67-26-24-65-22-20-46-37(54)28-66-25-23-64-21-19-45-33(50)16-14-31(41(60)61)48-35(52)17-15-32(42(62)63)47-34(51)12-7-5-3-1-2-4-6-8-13-39(56)57/h30-32H,1-29H2,(H,44,53)(H,45,50)(H,46,54)(H,47,51)(H,48,52)(H,49,55)(H,56,57)(H,58,59)(H,60,61)(H,62,63). The molecule has 0 saturated heterocycles. The summed E-state index contributed by atoms with van der Waals surface area (Å²) in [6, 6.07) is -3.85. The number of rotatable bonds is 45. The monoisotopic (exact) mass is 1030 g/mol. The van der Waals surface area contributed by atoms with E-state index in [1.807, 2.05) is 0 Å². The molecule has 0 aromatic carbocycles. The van der Waals surface area contributed by atoms with Crippen LogP contribution in [0.2, 0.25) is 0 Å². The van der Waals surface area contributed by atoms with Crippen molar-refractivity contribution >= 4 is 75.3 Å². The van der Waals surface area contributed by atoms with Gasteiger partial charge < -0.3 is 71.3 Å². The Hall–Kier alpha value is -4.98. The van der Waals surface area contributed by atoms with Crippen LogP contribution in [0.4, 0.5) is 0 Å². The largest absolute Gasteiger partial charge is 0.481 e. The van der Waals surface area contributed by atoms with Crippen molar-refractivity contribution in [3.8, 4) is 0 Å². The Balaban J connectivity index is 4.01. The van der Waals surface area contributed by atoms with E-state index in [1.54, 1.807) is 0 Å². The minimum Gasteiger partial charge on any atom is -0.481 e. The van der Waals surface area contributed by atoms with Crippen molar-refractivity contribution < 1.29 is 87.3 Å². The number of alkyl halides is 1. The third-order valence-corrected chi connectivity index (χ3v) is 9.98. The lowest BCUT2D eigenvalue weighted by Crippen LogP contribution is -2.44. The number of unbranched alkanes of at least 4 members (excludes halogenated alkanes) is 8. The van der Waals surface area contributed by atoms with Gasteiger partial charge in [0.15, 0.2) is 0 Å². The molecule has 6 amide bonds. The Labute approximate surface area is 398 Å². The van der Waals surface area contributed by atoms with Gasteiger partial charge in [-0.25, -0.2) is 14.4 Å². The lowest BCUT2D eigenvalue weighted by molar-refractivity contribution is -0.143. The first-order valence-corrected chi connectivity index (χ1v) is 23.6. The molecule has 3 unspecified atom stereocenters. The van der Waals surface area contributed by atoms with Crippen LogP contribution in [0.1, 0.15) is 109 Å². The first-order valence-electron chi connectivity index (χ1n) is 22.5. The number of carboxylic acid groups (broad SMARTS) is 4. The van der Waals surface area contributed by atoms with E-state index in [2.05, 4.69) is 47.8 Å². The lowest BCUT2D eigenvalue weighted by Gasteiger charge is -2.17. The molecular formula is C42H71BrN6O18. The molecule has 0 aliphatic carbocycles. The number of halogens is 1. The zero-order chi connectivity index (χ0) is 50.1. The molecule has 0 rings (SSSR count). The van der Waals surface area contributed by atoms with E-state index in [4.69, 9.17) is 24.1 Å². The minimum atomic E-state index is -1.41. The predicted molar refractivity (Wildman–Crippen MR) is 241 cm³/mol. The van der Waals surface area contributed by atoms with Gasteiger partial charge in [0.05, 0.1) is 45.0 Å². The fourth-order valence-corrected chi connectivity index (χ4v) is 6.10. The summed E-state index contributed by atoms with van der Waals surface area (Å²) in [5, 5.41) is 52.1. The number of ether oxygens (including phenoxy) is 4. The van der Waals surface area contributed by atoms with Gasteiger partial charge in [0.25, 0.3) is 0 Å². The third kappa shape index (κ3) is 38.8. The van der Waals surface area contributed by atoms with Gasteiger partial charge in [-0.2, -0.15) is 0 Å². The molecule has 67 heavy (non-hydrogen) atoms. The average Bonchev–Trinajstić information content (AvgIpc) is 3.27. The molecule has 24 nitrogen and oxygen atoms in total. The summed E-state index contributed by atoms with van der Waals surface area (Å²) in [5.41, 5.74) is 0. The molecule has 0 aromatic heterocycles. The van der Waals surface area contributed by atoms with Crippen LogP contribution in [0.15, 0.2) is 0 Å². The Bertz CT molecular complexity index is 1510. The van der Waals surface area contributed by atoms with Crippen LogP contribution in [-0.4, -0.2) is 176 Å². The topological polar surface area (TPSA) is 361 Å². The summed E-state index contributed by atoms with van der Waals surface area (Å²) in [7, 11) is 0. The quantitative estimate of drug-likeness (QED) is 0.0288. The average molecular weight is 1030 g/mol. The van der Waals surface area contributed by atoms with Crippen LogP contribution in [0, 0.1) is 0 Å². The molecule has 0 spiro atoms. The molecule has 0 aromatic rings. The van der Waals surface area contributed by atoms with E-state index in [9.17, 15) is 63.3 Å².